The van der Waals surface area contributed by atoms with E-state index in [4.69, 9.17) is 15.2 Å². The van der Waals surface area contributed by atoms with Crippen molar-refractivity contribution < 1.29 is 24.2 Å². The quantitative estimate of drug-likeness (QED) is 0.268. The van der Waals surface area contributed by atoms with Crippen molar-refractivity contribution in [3.05, 3.63) is 59.7 Å². The second kappa shape index (κ2) is 14.0. The summed E-state index contributed by atoms with van der Waals surface area (Å²) in [6.45, 7) is 3.85. The molecule has 35 heavy (non-hydrogen) atoms. The highest BCUT2D eigenvalue weighted by Gasteiger charge is 2.22. The Balaban J connectivity index is 2.13. The van der Waals surface area contributed by atoms with Crippen molar-refractivity contribution in [1.82, 2.24) is 10.6 Å². The summed E-state index contributed by atoms with van der Waals surface area (Å²) < 4.78 is 10.5. The van der Waals surface area contributed by atoms with E-state index >= 15 is 0 Å². The third-order valence-electron chi connectivity index (χ3n) is 5.27. The first kappa shape index (κ1) is 27.7. The third-order valence-corrected chi connectivity index (χ3v) is 5.27. The summed E-state index contributed by atoms with van der Waals surface area (Å²) >= 11 is 0. The van der Waals surface area contributed by atoms with Crippen LogP contribution < -0.4 is 25.8 Å². The number of nitrogens with zero attached hydrogens (tertiary/aromatic N) is 1. The Morgan fingerprint density at radius 2 is 1.71 bits per heavy atom. The predicted molar refractivity (Wildman–Crippen MR) is 135 cm³/mol. The monoisotopic (exact) mass is 484 g/mol. The molecule has 5 N–H and O–H groups in total. The number of aliphatic imine (C=N–C) groups is 1. The minimum Gasteiger partial charge on any atom is -0.493 e. The van der Waals surface area contributed by atoms with Crippen LogP contribution in [-0.4, -0.2) is 55.8 Å². The molecule has 0 aromatic heterocycles. The van der Waals surface area contributed by atoms with Gasteiger partial charge in [0.25, 0.3) is 0 Å². The van der Waals surface area contributed by atoms with Gasteiger partial charge >= 0.3 is 0 Å². The molecule has 0 saturated carbocycles. The molecule has 0 radical (unpaired) electrons. The lowest BCUT2D eigenvalue weighted by atomic mass is 10.0. The van der Waals surface area contributed by atoms with E-state index in [-0.39, 0.29) is 30.8 Å². The number of amides is 2. The summed E-state index contributed by atoms with van der Waals surface area (Å²) in [6.07, 6.45) is 0.952. The molecule has 2 amide bonds. The number of hydrogen-bond donors (Lipinski definition) is 4. The first-order chi connectivity index (χ1) is 16.7. The van der Waals surface area contributed by atoms with Gasteiger partial charge in [-0.3, -0.25) is 14.9 Å². The van der Waals surface area contributed by atoms with Crippen molar-refractivity contribution in [2.75, 3.05) is 20.8 Å². The molecule has 0 heterocycles. The molecule has 9 heteroatoms. The predicted octanol–water partition coefficient (Wildman–Crippen LogP) is 1.81. The van der Waals surface area contributed by atoms with Crippen molar-refractivity contribution in [3.8, 4) is 11.5 Å². The number of nitrogens with two attached hydrogens (primary N) is 1. The fourth-order valence-corrected chi connectivity index (χ4v) is 3.64. The number of aliphatic hydroxyl groups excluding tert-OH is 1. The Morgan fingerprint density at radius 1 is 1.03 bits per heavy atom. The number of benzene rings is 2. The highest BCUT2D eigenvalue weighted by Crippen LogP contribution is 2.27. The molecule has 0 fully saturated rings. The Morgan fingerprint density at radius 3 is 2.31 bits per heavy atom. The molecule has 2 rings (SSSR count). The van der Waals surface area contributed by atoms with E-state index in [1.165, 1.54) is 14.2 Å². The number of hydrogen-bond acceptors (Lipinski definition) is 6. The van der Waals surface area contributed by atoms with E-state index < -0.39 is 12.1 Å². The van der Waals surface area contributed by atoms with E-state index in [1.807, 2.05) is 44.2 Å². The molecular formula is C26H36N4O5. The molecule has 0 bridgehead atoms. The minimum absolute atomic E-state index is 0.0348. The summed E-state index contributed by atoms with van der Waals surface area (Å²) in [5.41, 5.74) is 7.60. The Bertz CT molecular complexity index is 994. The number of methoxy groups -OCH3 is 2. The number of aliphatic hydroxyl groups is 1. The third kappa shape index (κ3) is 9.29. The molecular weight excluding hydrogens is 448 g/mol. The molecule has 2 aromatic rings. The van der Waals surface area contributed by atoms with Gasteiger partial charge in [-0.1, -0.05) is 50.2 Å². The molecule has 0 saturated heterocycles. The Kier molecular flexibility index (Phi) is 11.0. The number of guanidine groups is 1. The van der Waals surface area contributed by atoms with E-state index in [2.05, 4.69) is 15.6 Å². The number of rotatable bonds is 12. The van der Waals surface area contributed by atoms with Gasteiger partial charge in [0.05, 0.1) is 33.3 Å². The molecule has 0 aliphatic carbocycles. The zero-order valence-electron chi connectivity index (χ0n) is 20.8. The first-order valence-corrected chi connectivity index (χ1v) is 11.5. The highest BCUT2D eigenvalue weighted by atomic mass is 16.5. The molecule has 2 unspecified atom stereocenters. The Hall–Kier alpha value is -3.59. The highest BCUT2D eigenvalue weighted by molar-refractivity contribution is 5.98. The fourth-order valence-electron chi connectivity index (χ4n) is 3.64. The summed E-state index contributed by atoms with van der Waals surface area (Å²) in [5, 5.41) is 15.1. The maximum absolute atomic E-state index is 13.0. The summed E-state index contributed by atoms with van der Waals surface area (Å²) in [4.78, 5) is 29.9. The van der Waals surface area contributed by atoms with Crippen LogP contribution in [0.2, 0.25) is 0 Å². The standard InChI is InChI=1S/C26H36N4O5/c1-17(2)12-20(16-31)28-25(33)21(13-18-8-6-5-7-9-18)29-26(27)30-24(32)15-19-10-11-22(34-3)23(14-19)35-4/h5-11,14,17,20-21,31H,12-13,15-16H2,1-4H3,(H,28,33)(H3,27,29,30,32). The van der Waals surface area contributed by atoms with Crippen LogP contribution in [0.5, 0.6) is 11.5 Å². The molecule has 9 nitrogen and oxygen atoms in total. The summed E-state index contributed by atoms with van der Waals surface area (Å²) in [5.74, 6) is 0.460. The largest absolute Gasteiger partial charge is 0.493 e. The number of carbonyl (C=O) groups excluding carboxylic acids is 2. The van der Waals surface area contributed by atoms with Gasteiger partial charge in [0, 0.05) is 6.42 Å². The van der Waals surface area contributed by atoms with E-state index in [9.17, 15) is 14.7 Å². The van der Waals surface area contributed by atoms with Gasteiger partial charge in [0.1, 0.15) is 6.04 Å². The van der Waals surface area contributed by atoms with Crippen molar-refractivity contribution in [2.45, 2.75) is 45.2 Å². The van der Waals surface area contributed by atoms with Crippen LogP contribution in [0, 0.1) is 5.92 Å². The number of carbonyl (C=O) groups is 2. The van der Waals surface area contributed by atoms with E-state index in [0.29, 0.717) is 35.8 Å². The molecule has 190 valence electrons. The first-order valence-electron chi connectivity index (χ1n) is 11.5. The molecule has 2 aromatic carbocycles. The van der Waals surface area contributed by atoms with Crippen molar-refractivity contribution in [1.29, 1.82) is 0 Å². The number of ether oxygens (including phenoxy) is 2. The average molecular weight is 485 g/mol. The van der Waals surface area contributed by atoms with Crippen LogP contribution in [0.25, 0.3) is 0 Å². The Labute approximate surface area is 206 Å². The van der Waals surface area contributed by atoms with Gasteiger partial charge in [-0.2, -0.15) is 0 Å². The minimum atomic E-state index is -0.875. The van der Waals surface area contributed by atoms with Crippen molar-refractivity contribution in [3.63, 3.8) is 0 Å². The van der Waals surface area contributed by atoms with Gasteiger partial charge in [-0.25, -0.2) is 4.99 Å². The van der Waals surface area contributed by atoms with Gasteiger partial charge in [-0.05, 0) is 35.6 Å². The molecule has 0 aliphatic rings. The van der Waals surface area contributed by atoms with Crippen molar-refractivity contribution >= 4 is 17.8 Å². The van der Waals surface area contributed by atoms with Gasteiger partial charge in [-0.15, -0.1) is 0 Å². The van der Waals surface area contributed by atoms with Crippen LogP contribution in [0.15, 0.2) is 53.5 Å². The lowest BCUT2D eigenvalue weighted by Crippen LogP contribution is -2.46. The molecule has 2 atom stereocenters. The normalized spacial score (nSPS) is 13.1. The van der Waals surface area contributed by atoms with Gasteiger partial charge in [0.2, 0.25) is 11.8 Å². The zero-order valence-corrected chi connectivity index (χ0v) is 20.8. The average Bonchev–Trinajstić information content (AvgIpc) is 2.83. The van der Waals surface area contributed by atoms with Crippen LogP contribution in [0.1, 0.15) is 31.4 Å². The lowest BCUT2D eigenvalue weighted by molar-refractivity contribution is -0.123. The second-order valence-corrected chi connectivity index (χ2v) is 8.65. The zero-order chi connectivity index (χ0) is 25.8. The fraction of sp³-hybridized carbons (Fsp3) is 0.423. The van der Waals surface area contributed by atoms with Gasteiger partial charge in [0.15, 0.2) is 17.5 Å². The molecule has 0 aliphatic heterocycles. The maximum atomic E-state index is 13.0. The maximum Gasteiger partial charge on any atom is 0.245 e. The molecule has 0 spiro atoms. The second-order valence-electron chi connectivity index (χ2n) is 8.65. The number of nitrogens with one attached hydrogen (secondary N) is 2. The van der Waals surface area contributed by atoms with Crippen LogP contribution in [0.4, 0.5) is 0 Å². The van der Waals surface area contributed by atoms with Crippen LogP contribution in [-0.2, 0) is 22.4 Å². The smallest absolute Gasteiger partial charge is 0.245 e. The van der Waals surface area contributed by atoms with Crippen LogP contribution >= 0.6 is 0 Å². The van der Waals surface area contributed by atoms with Gasteiger partial charge < -0.3 is 25.6 Å². The SMILES string of the molecule is COc1ccc(CC(=O)NC(N)=NC(Cc2ccccc2)C(=O)NC(CO)CC(C)C)cc1OC. The summed E-state index contributed by atoms with van der Waals surface area (Å²) in [6, 6.07) is 13.3. The van der Waals surface area contributed by atoms with Crippen molar-refractivity contribution in [2.24, 2.45) is 16.6 Å². The van der Waals surface area contributed by atoms with E-state index in [1.54, 1.807) is 18.2 Å². The lowest BCUT2D eigenvalue weighted by Gasteiger charge is -2.21. The topological polar surface area (TPSA) is 135 Å². The van der Waals surface area contributed by atoms with E-state index in [0.717, 1.165) is 5.56 Å². The van der Waals surface area contributed by atoms with Crippen LogP contribution in [0.3, 0.4) is 0 Å². The summed E-state index contributed by atoms with van der Waals surface area (Å²) in [7, 11) is 3.06.